The number of sulfone groups is 1. The van der Waals surface area contributed by atoms with Crippen molar-refractivity contribution in [2.75, 3.05) is 17.8 Å². The SMILES string of the molecule is CS(=O)(=O)CCn1nnnc1SCC(=O)O. The minimum atomic E-state index is -3.09. The molecule has 0 amide bonds. The van der Waals surface area contributed by atoms with Crippen molar-refractivity contribution < 1.29 is 18.3 Å². The number of carboxylic acids is 1. The van der Waals surface area contributed by atoms with Crippen LogP contribution in [-0.2, 0) is 21.2 Å². The average molecular weight is 266 g/mol. The molecule has 90 valence electrons. The van der Waals surface area contributed by atoms with E-state index in [9.17, 15) is 13.2 Å². The minimum Gasteiger partial charge on any atom is -0.481 e. The second-order valence-corrected chi connectivity index (χ2v) is 6.20. The molecule has 1 heterocycles. The summed E-state index contributed by atoms with van der Waals surface area (Å²) in [4.78, 5) is 10.3. The van der Waals surface area contributed by atoms with Gasteiger partial charge in [-0.15, -0.1) is 5.10 Å². The van der Waals surface area contributed by atoms with Crippen molar-refractivity contribution in [2.45, 2.75) is 11.7 Å². The molecule has 0 saturated carbocycles. The molecular weight excluding hydrogens is 256 g/mol. The summed E-state index contributed by atoms with van der Waals surface area (Å²) in [6.45, 7) is 0.119. The van der Waals surface area contributed by atoms with Gasteiger partial charge >= 0.3 is 5.97 Å². The van der Waals surface area contributed by atoms with Crippen LogP contribution in [-0.4, -0.2) is 57.5 Å². The van der Waals surface area contributed by atoms with E-state index >= 15 is 0 Å². The molecule has 0 aliphatic heterocycles. The van der Waals surface area contributed by atoms with E-state index in [1.165, 1.54) is 4.68 Å². The van der Waals surface area contributed by atoms with Crippen LogP contribution in [0.3, 0.4) is 0 Å². The summed E-state index contributed by atoms with van der Waals surface area (Å²) >= 11 is 0.945. The number of aromatic nitrogens is 4. The lowest BCUT2D eigenvalue weighted by Gasteiger charge is -2.01. The van der Waals surface area contributed by atoms with Crippen LogP contribution >= 0.6 is 11.8 Å². The summed E-state index contributed by atoms with van der Waals surface area (Å²) < 4.78 is 23.1. The van der Waals surface area contributed by atoms with E-state index < -0.39 is 15.8 Å². The van der Waals surface area contributed by atoms with Gasteiger partial charge in [0, 0.05) is 6.26 Å². The Morgan fingerprint density at radius 1 is 1.56 bits per heavy atom. The van der Waals surface area contributed by atoms with Gasteiger partial charge in [0.15, 0.2) is 0 Å². The Morgan fingerprint density at radius 2 is 2.25 bits per heavy atom. The van der Waals surface area contributed by atoms with E-state index in [1.54, 1.807) is 0 Å². The standard InChI is InChI=1S/C6H10N4O4S2/c1-16(13,14)3-2-10-6(7-8-9-10)15-4-5(11)12/h2-4H2,1H3,(H,11,12). The van der Waals surface area contributed by atoms with Gasteiger partial charge in [-0.1, -0.05) is 11.8 Å². The topological polar surface area (TPSA) is 115 Å². The van der Waals surface area contributed by atoms with Crippen LogP contribution in [0.25, 0.3) is 0 Å². The highest BCUT2D eigenvalue weighted by atomic mass is 32.2. The second kappa shape index (κ2) is 5.25. The van der Waals surface area contributed by atoms with Crippen molar-refractivity contribution in [1.82, 2.24) is 20.2 Å². The first-order valence-electron chi connectivity index (χ1n) is 4.17. The molecule has 0 aliphatic carbocycles. The fourth-order valence-electron chi connectivity index (χ4n) is 0.819. The van der Waals surface area contributed by atoms with Crippen LogP contribution in [0, 0.1) is 0 Å². The number of carbonyl (C=O) groups is 1. The molecule has 1 N–H and O–H groups in total. The minimum absolute atomic E-state index is 0.0847. The third-order valence-electron chi connectivity index (χ3n) is 1.50. The van der Waals surface area contributed by atoms with Gasteiger partial charge in [0.1, 0.15) is 9.84 Å². The number of hydrogen-bond acceptors (Lipinski definition) is 7. The number of rotatable bonds is 6. The molecule has 0 aliphatic rings. The maximum absolute atomic E-state index is 10.9. The molecule has 0 saturated heterocycles. The van der Waals surface area contributed by atoms with Crippen molar-refractivity contribution in [1.29, 1.82) is 0 Å². The molecule has 1 aromatic heterocycles. The number of nitrogens with zero attached hydrogens (tertiary/aromatic N) is 4. The van der Waals surface area contributed by atoms with Gasteiger partial charge in [0.2, 0.25) is 5.16 Å². The zero-order chi connectivity index (χ0) is 12.2. The molecule has 0 spiro atoms. The first-order valence-corrected chi connectivity index (χ1v) is 7.21. The highest BCUT2D eigenvalue weighted by Gasteiger charge is 2.11. The predicted molar refractivity (Wildman–Crippen MR) is 55.9 cm³/mol. The van der Waals surface area contributed by atoms with Crippen LogP contribution in [0.5, 0.6) is 0 Å². The van der Waals surface area contributed by atoms with Crippen molar-refractivity contribution in [2.24, 2.45) is 0 Å². The first kappa shape index (κ1) is 12.9. The molecule has 8 nitrogen and oxygen atoms in total. The van der Waals surface area contributed by atoms with Gasteiger partial charge in [0.25, 0.3) is 0 Å². The molecule has 0 aromatic carbocycles. The van der Waals surface area contributed by atoms with E-state index in [0.717, 1.165) is 18.0 Å². The Bertz CT molecular complexity index is 469. The Labute approximate surface area is 95.9 Å². The average Bonchev–Trinajstić information content (AvgIpc) is 2.57. The van der Waals surface area contributed by atoms with E-state index in [0.29, 0.717) is 5.16 Å². The lowest BCUT2D eigenvalue weighted by molar-refractivity contribution is -0.133. The predicted octanol–water partition coefficient (Wildman–Crippen LogP) is -1.11. The van der Waals surface area contributed by atoms with E-state index in [1.807, 2.05) is 0 Å². The van der Waals surface area contributed by atoms with Gasteiger partial charge in [-0.2, -0.15) is 0 Å². The van der Waals surface area contributed by atoms with Crippen LogP contribution in [0.4, 0.5) is 0 Å². The molecule has 0 radical (unpaired) electrons. The van der Waals surface area contributed by atoms with Crippen molar-refractivity contribution in [3.8, 4) is 0 Å². The molecule has 1 aromatic rings. The largest absolute Gasteiger partial charge is 0.481 e. The van der Waals surface area contributed by atoms with Gasteiger partial charge in [-0.3, -0.25) is 4.79 Å². The number of aliphatic carboxylic acids is 1. The van der Waals surface area contributed by atoms with Crippen molar-refractivity contribution >= 4 is 27.6 Å². The van der Waals surface area contributed by atoms with E-state index in [2.05, 4.69) is 15.5 Å². The number of aryl methyl sites for hydroxylation is 1. The van der Waals surface area contributed by atoms with Crippen LogP contribution in [0.1, 0.15) is 0 Å². The Kier molecular flexibility index (Phi) is 4.24. The number of tetrazole rings is 1. The molecule has 1 rings (SSSR count). The number of hydrogen-bond donors (Lipinski definition) is 1. The number of carboxylic acid groups (broad SMARTS) is 1. The van der Waals surface area contributed by atoms with Gasteiger partial charge in [0.05, 0.1) is 18.1 Å². The molecule has 10 heteroatoms. The van der Waals surface area contributed by atoms with E-state index in [-0.39, 0.29) is 18.1 Å². The summed E-state index contributed by atoms with van der Waals surface area (Å²) in [5.41, 5.74) is 0. The molecule has 0 bridgehead atoms. The second-order valence-electron chi connectivity index (χ2n) is 3.00. The Balaban J connectivity index is 2.60. The Hall–Kier alpha value is -1.16. The fourth-order valence-corrected chi connectivity index (χ4v) is 1.95. The van der Waals surface area contributed by atoms with Crippen molar-refractivity contribution in [3.63, 3.8) is 0 Å². The quantitative estimate of drug-likeness (QED) is 0.645. The van der Waals surface area contributed by atoms with Gasteiger partial charge in [-0.05, 0) is 10.4 Å². The first-order chi connectivity index (χ1) is 7.38. The molecule has 16 heavy (non-hydrogen) atoms. The summed E-state index contributed by atoms with van der Waals surface area (Å²) in [6, 6.07) is 0. The van der Waals surface area contributed by atoms with Crippen LogP contribution < -0.4 is 0 Å². The summed E-state index contributed by atoms with van der Waals surface area (Å²) in [5, 5.41) is 19.3. The molecule has 0 fully saturated rings. The molecule has 0 atom stereocenters. The van der Waals surface area contributed by atoms with Crippen LogP contribution in [0.2, 0.25) is 0 Å². The number of thioether (sulfide) groups is 1. The highest BCUT2D eigenvalue weighted by molar-refractivity contribution is 7.99. The van der Waals surface area contributed by atoms with E-state index in [4.69, 9.17) is 5.11 Å². The third kappa shape index (κ3) is 4.57. The molecular formula is C6H10N4O4S2. The monoisotopic (exact) mass is 266 g/mol. The summed E-state index contributed by atoms with van der Waals surface area (Å²) in [6.07, 6.45) is 1.11. The fraction of sp³-hybridized carbons (Fsp3) is 0.667. The maximum atomic E-state index is 10.9. The van der Waals surface area contributed by atoms with Crippen molar-refractivity contribution in [3.05, 3.63) is 0 Å². The third-order valence-corrected chi connectivity index (χ3v) is 3.36. The summed E-state index contributed by atoms with van der Waals surface area (Å²) in [5.74, 6) is -1.24. The lowest BCUT2D eigenvalue weighted by Crippen LogP contribution is -2.13. The smallest absolute Gasteiger partial charge is 0.313 e. The highest BCUT2D eigenvalue weighted by Crippen LogP contribution is 2.12. The van der Waals surface area contributed by atoms with Crippen LogP contribution in [0.15, 0.2) is 5.16 Å². The maximum Gasteiger partial charge on any atom is 0.313 e. The zero-order valence-corrected chi connectivity index (χ0v) is 10.0. The van der Waals surface area contributed by atoms with Gasteiger partial charge < -0.3 is 5.11 Å². The normalized spacial score (nSPS) is 11.6. The zero-order valence-electron chi connectivity index (χ0n) is 8.40. The van der Waals surface area contributed by atoms with Gasteiger partial charge in [-0.25, -0.2) is 13.1 Å². The Morgan fingerprint density at radius 3 is 2.81 bits per heavy atom. The lowest BCUT2D eigenvalue weighted by atomic mass is 10.8. The summed E-state index contributed by atoms with van der Waals surface area (Å²) in [7, 11) is -3.09. The molecule has 0 unspecified atom stereocenters.